The number of ether oxygens (including phenoxy) is 1. The smallest absolute Gasteiger partial charge is 0.329 e. The number of phenolic OH excluding ortho intramolecular Hbond substituents is 1. The van der Waals surface area contributed by atoms with E-state index in [9.17, 15) is 23.1 Å². The van der Waals surface area contributed by atoms with Crippen molar-refractivity contribution in [1.29, 1.82) is 0 Å². The average Bonchev–Trinajstić information content (AvgIpc) is 2.35. The van der Waals surface area contributed by atoms with E-state index in [0.29, 0.717) is 0 Å². The van der Waals surface area contributed by atoms with E-state index in [-0.39, 0.29) is 11.3 Å². The minimum absolute atomic E-state index is 0.142. The van der Waals surface area contributed by atoms with E-state index in [2.05, 4.69) is 10.1 Å². The SMILES string of the molecule is COC(=O)[C@H](CS(=O)(=O)O)NC(=O)c1ccccc1O. The molecule has 0 fully saturated rings. The summed E-state index contributed by atoms with van der Waals surface area (Å²) in [6, 6.07) is 3.92. The Labute approximate surface area is 115 Å². The van der Waals surface area contributed by atoms with Crippen LogP contribution in [0.5, 0.6) is 5.75 Å². The molecule has 0 aliphatic heterocycles. The quantitative estimate of drug-likeness (QED) is 0.496. The minimum atomic E-state index is -4.49. The molecule has 8 nitrogen and oxygen atoms in total. The molecule has 20 heavy (non-hydrogen) atoms. The average molecular weight is 303 g/mol. The van der Waals surface area contributed by atoms with E-state index < -0.39 is 33.8 Å². The molecule has 0 unspecified atom stereocenters. The van der Waals surface area contributed by atoms with Gasteiger partial charge >= 0.3 is 5.97 Å². The summed E-state index contributed by atoms with van der Waals surface area (Å²) >= 11 is 0. The number of aromatic hydroxyl groups is 1. The van der Waals surface area contributed by atoms with Crippen LogP contribution in [0.25, 0.3) is 0 Å². The van der Waals surface area contributed by atoms with E-state index in [1.54, 1.807) is 0 Å². The van der Waals surface area contributed by atoms with Crippen LogP contribution in [0.15, 0.2) is 24.3 Å². The summed E-state index contributed by atoms with van der Waals surface area (Å²) in [5, 5.41) is 11.5. The molecule has 1 aromatic carbocycles. The molecule has 0 aromatic heterocycles. The van der Waals surface area contributed by atoms with Crippen LogP contribution in [0.4, 0.5) is 0 Å². The molecule has 1 amide bonds. The number of nitrogens with one attached hydrogen (secondary N) is 1. The Balaban J connectivity index is 2.93. The number of carbonyl (C=O) groups excluding carboxylic acids is 2. The molecule has 1 rings (SSSR count). The monoisotopic (exact) mass is 303 g/mol. The lowest BCUT2D eigenvalue weighted by molar-refractivity contribution is -0.142. The van der Waals surface area contributed by atoms with E-state index in [4.69, 9.17) is 4.55 Å². The van der Waals surface area contributed by atoms with Crippen LogP contribution >= 0.6 is 0 Å². The first-order valence-electron chi connectivity index (χ1n) is 5.36. The van der Waals surface area contributed by atoms with Crippen molar-refractivity contribution >= 4 is 22.0 Å². The summed E-state index contributed by atoms with van der Waals surface area (Å²) in [6.45, 7) is 0. The molecule has 0 saturated carbocycles. The summed E-state index contributed by atoms with van der Waals surface area (Å²) in [5.41, 5.74) is -0.142. The molecule has 0 radical (unpaired) electrons. The van der Waals surface area contributed by atoms with Gasteiger partial charge in [-0.05, 0) is 12.1 Å². The summed E-state index contributed by atoms with van der Waals surface area (Å²) in [5.74, 6) is -3.27. The summed E-state index contributed by atoms with van der Waals surface area (Å²) < 4.78 is 34.7. The maximum atomic E-state index is 11.8. The Bertz CT molecular complexity index is 611. The lowest BCUT2D eigenvalue weighted by Gasteiger charge is -2.15. The highest BCUT2D eigenvalue weighted by atomic mass is 32.2. The van der Waals surface area contributed by atoms with Crippen LogP contribution in [0, 0.1) is 0 Å². The third kappa shape index (κ3) is 4.52. The fraction of sp³-hybridized carbons (Fsp3) is 0.273. The van der Waals surface area contributed by atoms with Crippen molar-refractivity contribution in [3.63, 3.8) is 0 Å². The fourth-order valence-corrected chi connectivity index (χ4v) is 2.06. The van der Waals surface area contributed by atoms with Gasteiger partial charge in [-0.3, -0.25) is 9.35 Å². The Morgan fingerprint density at radius 3 is 2.45 bits per heavy atom. The molecule has 0 aliphatic rings. The maximum absolute atomic E-state index is 11.8. The predicted molar refractivity (Wildman–Crippen MR) is 67.8 cm³/mol. The van der Waals surface area contributed by atoms with Gasteiger partial charge in [0.05, 0.1) is 12.7 Å². The highest BCUT2D eigenvalue weighted by molar-refractivity contribution is 7.85. The summed E-state index contributed by atoms with van der Waals surface area (Å²) in [7, 11) is -3.49. The molecule has 1 atom stereocenters. The van der Waals surface area contributed by atoms with Gasteiger partial charge in [-0.2, -0.15) is 8.42 Å². The molecule has 0 heterocycles. The lowest BCUT2D eigenvalue weighted by Crippen LogP contribution is -2.45. The number of benzene rings is 1. The Morgan fingerprint density at radius 1 is 1.35 bits per heavy atom. The van der Waals surface area contributed by atoms with Crippen molar-refractivity contribution < 1.29 is 32.4 Å². The summed E-state index contributed by atoms with van der Waals surface area (Å²) in [6.07, 6.45) is 0. The number of hydrogen-bond acceptors (Lipinski definition) is 6. The highest BCUT2D eigenvalue weighted by Gasteiger charge is 2.27. The van der Waals surface area contributed by atoms with Crippen LogP contribution in [0.3, 0.4) is 0 Å². The standard InChI is InChI=1S/C11H13NO7S/c1-19-11(15)8(6-20(16,17)18)12-10(14)7-4-2-3-5-9(7)13/h2-5,8,13H,6H2,1H3,(H,12,14)(H,16,17,18)/t8-/m0/s1. The van der Waals surface area contributed by atoms with Crippen LogP contribution in [-0.2, 0) is 19.6 Å². The molecule has 0 spiro atoms. The van der Waals surface area contributed by atoms with Crippen molar-refractivity contribution in [2.45, 2.75) is 6.04 Å². The Hall–Kier alpha value is -2.13. The van der Waals surface area contributed by atoms with Gasteiger partial charge in [-0.15, -0.1) is 0 Å². The van der Waals surface area contributed by atoms with Crippen molar-refractivity contribution in [2.24, 2.45) is 0 Å². The zero-order chi connectivity index (χ0) is 15.3. The predicted octanol–water partition coefficient (Wildman–Crippen LogP) is -0.449. The number of rotatable bonds is 5. The van der Waals surface area contributed by atoms with Gasteiger partial charge < -0.3 is 15.2 Å². The number of esters is 1. The van der Waals surface area contributed by atoms with Crippen molar-refractivity contribution in [3.05, 3.63) is 29.8 Å². The fourth-order valence-electron chi connectivity index (χ4n) is 1.42. The Kier molecular flexibility index (Phi) is 5.06. The first-order valence-corrected chi connectivity index (χ1v) is 6.97. The van der Waals surface area contributed by atoms with Gasteiger partial charge in [0.15, 0.2) is 0 Å². The topological polar surface area (TPSA) is 130 Å². The molecule has 0 saturated heterocycles. The first kappa shape index (κ1) is 15.9. The molecule has 3 N–H and O–H groups in total. The van der Waals surface area contributed by atoms with Crippen molar-refractivity contribution in [2.75, 3.05) is 12.9 Å². The number of phenols is 1. The van der Waals surface area contributed by atoms with Crippen LogP contribution in [0.1, 0.15) is 10.4 Å². The number of amides is 1. The third-order valence-corrected chi connectivity index (χ3v) is 3.07. The van der Waals surface area contributed by atoms with Gasteiger partial charge in [-0.1, -0.05) is 12.1 Å². The highest BCUT2D eigenvalue weighted by Crippen LogP contribution is 2.15. The minimum Gasteiger partial charge on any atom is -0.507 e. The zero-order valence-corrected chi connectivity index (χ0v) is 11.3. The molecule has 0 bridgehead atoms. The van der Waals surface area contributed by atoms with Crippen LogP contribution < -0.4 is 5.32 Å². The van der Waals surface area contributed by atoms with Crippen molar-refractivity contribution in [3.8, 4) is 5.75 Å². The van der Waals surface area contributed by atoms with Crippen LogP contribution in [-0.4, -0.2) is 48.9 Å². The molecular weight excluding hydrogens is 290 g/mol. The number of para-hydroxylation sites is 1. The van der Waals surface area contributed by atoms with Crippen LogP contribution in [0.2, 0.25) is 0 Å². The van der Waals surface area contributed by atoms with Gasteiger partial charge in [0.1, 0.15) is 17.5 Å². The molecule has 110 valence electrons. The van der Waals surface area contributed by atoms with E-state index in [0.717, 1.165) is 7.11 Å². The Morgan fingerprint density at radius 2 is 1.95 bits per heavy atom. The summed E-state index contributed by atoms with van der Waals surface area (Å²) in [4.78, 5) is 23.2. The first-order chi connectivity index (χ1) is 9.24. The van der Waals surface area contributed by atoms with Gasteiger partial charge in [0, 0.05) is 0 Å². The second-order valence-electron chi connectivity index (χ2n) is 3.81. The van der Waals surface area contributed by atoms with Gasteiger partial charge in [0.2, 0.25) is 0 Å². The largest absolute Gasteiger partial charge is 0.507 e. The van der Waals surface area contributed by atoms with Gasteiger partial charge in [-0.25, -0.2) is 4.79 Å². The lowest BCUT2D eigenvalue weighted by atomic mass is 10.2. The number of hydrogen-bond donors (Lipinski definition) is 3. The molecule has 9 heteroatoms. The van der Waals surface area contributed by atoms with E-state index in [1.165, 1.54) is 24.3 Å². The van der Waals surface area contributed by atoms with E-state index >= 15 is 0 Å². The second-order valence-corrected chi connectivity index (χ2v) is 5.31. The maximum Gasteiger partial charge on any atom is 0.329 e. The molecule has 1 aromatic rings. The normalized spacial score (nSPS) is 12.5. The number of methoxy groups -OCH3 is 1. The van der Waals surface area contributed by atoms with Crippen molar-refractivity contribution in [1.82, 2.24) is 5.32 Å². The zero-order valence-electron chi connectivity index (χ0n) is 10.4. The number of carbonyl (C=O) groups is 2. The third-order valence-electron chi connectivity index (χ3n) is 2.32. The molecule has 0 aliphatic carbocycles. The molecular formula is C11H13NO7S. The van der Waals surface area contributed by atoms with Gasteiger partial charge in [0.25, 0.3) is 16.0 Å². The van der Waals surface area contributed by atoms with E-state index in [1.807, 2.05) is 0 Å². The second kappa shape index (κ2) is 6.35.